The third-order valence-electron chi connectivity index (χ3n) is 3.16. The minimum Gasteiger partial charge on any atom is -0.423 e. The van der Waals surface area contributed by atoms with E-state index in [1.54, 1.807) is 12.1 Å². The number of hydrogen-bond donors (Lipinski definition) is 2. The van der Waals surface area contributed by atoms with Gasteiger partial charge in [-0.2, -0.15) is 0 Å². The monoisotopic (exact) mass is 269 g/mol. The highest BCUT2D eigenvalue weighted by Crippen LogP contribution is 2.08. The number of rotatable bonds is 3. The molecule has 0 amide bonds. The van der Waals surface area contributed by atoms with Gasteiger partial charge in [-0.25, -0.2) is 8.42 Å². The molecule has 18 heavy (non-hydrogen) atoms. The number of hydrogen-bond acceptors (Lipinski definition) is 5. The second kappa shape index (κ2) is 5.40. The summed E-state index contributed by atoms with van der Waals surface area (Å²) < 4.78 is 22.6. The standard InChI is InChI=1S/C11H16BNO4S/c14-12(15)11-4-2-1-3-10(11)9-13-5-7-18(16,17)8-6-13/h1-4,14-15H,5-9H2. The molecular formula is C11H16BNO4S. The van der Waals surface area contributed by atoms with Crippen LogP contribution in [-0.2, 0) is 16.4 Å². The second-order valence-corrected chi connectivity index (χ2v) is 6.80. The van der Waals surface area contributed by atoms with Crippen LogP contribution in [-0.4, -0.2) is 55.1 Å². The Morgan fingerprint density at radius 1 is 1.17 bits per heavy atom. The first-order chi connectivity index (χ1) is 8.48. The van der Waals surface area contributed by atoms with Crippen molar-refractivity contribution < 1.29 is 18.5 Å². The molecule has 0 aromatic heterocycles. The van der Waals surface area contributed by atoms with Crippen LogP contribution in [0.5, 0.6) is 0 Å². The molecule has 1 aliphatic heterocycles. The Kier molecular flexibility index (Phi) is 4.06. The van der Waals surface area contributed by atoms with Crippen molar-refractivity contribution in [2.45, 2.75) is 6.54 Å². The van der Waals surface area contributed by atoms with Crippen LogP contribution in [0.4, 0.5) is 0 Å². The molecular weight excluding hydrogens is 253 g/mol. The van der Waals surface area contributed by atoms with Gasteiger partial charge in [0.25, 0.3) is 0 Å². The highest BCUT2D eigenvalue weighted by atomic mass is 32.2. The molecule has 1 fully saturated rings. The molecule has 0 radical (unpaired) electrons. The van der Waals surface area contributed by atoms with Crippen molar-refractivity contribution in [3.05, 3.63) is 29.8 Å². The van der Waals surface area contributed by atoms with Gasteiger partial charge in [0.05, 0.1) is 11.5 Å². The topological polar surface area (TPSA) is 77.8 Å². The summed E-state index contributed by atoms with van der Waals surface area (Å²) in [6.07, 6.45) is 0. The summed E-state index contributed by atoms with van der Waals surface area (Å²) in [4.78, 5) is 2.02. The average Bonchev–Trinajstić information content (AvgIpc) is 2.32. The van der Waals surface area contributed by atoms with Crippen LogP contribution in [0.25, 0.3) is 0 Å². The van der Waals surface area contributed by atoms with Crippen LogP contribution in [0.1, 0.15) is 5.56 Å². The van der Waals surface area contributed by atoms with Crippen molar-refractivity contribution in [1.82, 2.24) is 4.90 Å². The Balaban J connectivity index is 2.07. The summed E-state index contributed by atoms with van der Waals surface area (Å²) in [5, 5.41) is 18.5. The molecule has 0 saturated carbocycles. The smallest absolute Gasteiger partial charge is 0.423 e. The highest BCUT2D eigenvalue weighted by molar-refractivity contribution is 7.91. The minimum atomic E-state index is -2.87. The Morgan fingerprint density at radius 2 is 1.78 bits per heavy atom. The van der Waals surface area contributed by atoms with E-state index < -0.39 is 17.0 Å². The molecule has 1 heterocycles. The lowest BCUT2D eigenvalue weighted by Gasteiger charge is -2.27. The van der Waals surface area contributed by atoms with Gasteiger partial charge in [-0.15, -0.1) is 0 Å². The first-order valence-electron chi connectivity index (χ1n) is 5.85. The van der Waals surface area contributed by atoms with Crippen LogP contribution in [0.15, 0.2) is 24.3 Å². The summed E-state index contributed by atoms with van der Waals surface area (Å²) >= 11 is 0. The van der Waals surface area contributed by atoms with Gasteiger partial charge >= 0.3 is 7.12 Å². The molecule has 98 valence electrons. The van der Waals surface area contributed by atoms with E-state index in [9.17, 15) is 18.5 Å². The molecule has 0 atom stereocenters. The largest absolute Gasteiger partial charge is 0.488 e. The van der Waals surface area contributed by atoms with E-state index in [4.69, 9.17) is 0 Å². The summed E-state index contributed by atoms with van der Waals surface area (Å²) in [6.45, 7) is 1.54. The zero-order valence-electron chi connectivity index (χ0n) is 9.99. The number of benzene rings is 1. The quantitative estimate of drug-likeness (QED) is 0.660. The first-order valence-corrected chi connectivity index (χ1v) is 7.67. The normalized spacial score (nSPS) is 19.7. The van der Waals surface area contributed by atoms with Crippen LogP contribution >= 0.6 is 0 Å². The van der Waals surface area contributed by atoms with Gasteiger partial charge in [0.15, 0.2) is 9.84 Å². The molecule has 2 N–H and O–H groups in total. The lowest BCUT2D eigenvalue weighted by molar-refractivity contribution is 0.288. The maximum Gasteiger partial charge on any atom is 0.488 e. The van der Waals surface area contributed by atoms with Crippen molar-refractivity contribution in [2.75, 3.05) is 24.6 Å². The SMILES string of the molecule is O=S1(=O)CCN(Cc2ccccc2B(O)O)CC1. The molecule has 2 rings (SSSR count). The summed E-state index contributed by atoms with van der Waals surface area (Å²) in [5.74, 6) is 0.355. The zero-order chi connectivity index (χ0) is 13.2. The Labute approximate surface area is 107 Å². The molecule has 0 aliphatic carbocycles. The minimum absolute atomic E-state index is 0.177. The van der Waals surface area contributed by atoms with Gasteiger partial charge in [0.1, 0.15) is 0 Å². The molecule has 1 aliphatic rings. The van der Waals surface area contributed by atoms with Gasteiger partial charge in [-0.1, -0.05) is 24.3 Å². The van der Waals surface area contributed by atoms with Crippen molar-refractivity contribution in [3.8, 4) is 0 Å². The predicted octanol–water partition coefficient (Wildman–Crippen LogP) is -1.40. The van der Waals surface area contributed by atoms with Gasteiger partial charge in [0, 0.05) is 19.6 Å². The van der Waals surface area contributed by atoms with E-state index in [0.29, 0.717) is 25.1 Å². The zero-order valence-corrected chi connectivity index (χ0v) is 10.8. The third-order valence-corrected chi connectivity index (χ3v) is 4.77. The predicted molar refractivity (Wildman–Crippen MR) is 70.2 cm³/mol. The van der Waals surface area contributed by atoms with Gasteiger partial charge in [0.2, 0.25) is 0 Å². The van der Waals surface area contributed by atoms with Gasteiger partial charge < -0.3 is 10.0 Å². The Bertz CT molecular complexity index is 504. The first kappa shape index (κ1) is 13.5. The van der Waals surface area contributed by atoms with Crippen molar-refractivity contribution in [1.29, 1.82) is 0 Å². The molecule has 5 nitrogen and oxygen atoms in total. The summed E-state index contributed by atoms with van der Waals surface area (Å²) in [6, 6.07) is 7.08. The lowest BCUT2D eigenvalue weighted by Crippen LogP contribution is -2.42. The molecule has 0 unspecified atom stereocenters. The fraction of sp³-hybridized carbons (Fsp3) is 0.455. The van der Waals surface area contributed by atoms with Crippen LogP contribution in [0.2, 0.25) is 0 Å². The molecule has 1 aromatic rings. The van der Waals surface area contributed by atoms with E-state index in [1.807, 2.05) is 17.0 Å². The van der Waals surface area contributed by atoms with Crippen LogP contribution in [0, 0.1) is 0 Å². The van der Waals surface area contributed by atoms with E-state index in [-0.39, 0.29) is 11.5 Å². The number of nitrogens with zero attached hydrogens (tertiary/aromatic N) is 1. The Morgan fingerprint density at radius 3 is 2.39 bits per heavy atom. The third kappa shape index (κ3) is 3.32. The van der Waals surface area contributed by atoms with E-state index in [0.717, 1.165) is 5.56 Å². The summed E-state index contributed by atoms with van der Waals surface area (Å²) in [7, 11) is -4.37. The van der Waals surface area contributed by atoms with Crippen molar-refractivity contribution in [3.63, 3.8) is 0 Å². The molecule has 1 aromatic carbocycles. The van der Waals surface area contributed by atoms with Gasteiger partial charge in [-0.3, -0.25) is 4.90 Å². The molecule has 7 heteroatoms. The average molecular weight is 269 g/mol. The van der Waals surface area contributed by atoms with Crippen molar-refractivity contribution in [2.24, 2.45) is 0 Å². The fourth-order valence-electron chi connectivity index (χ4n) is 2.08. The molecule has 0 spiro atoms. The van der Waals surface area contributed by atoms with Crippen LogP contribution in [0.3, 0.4) is 0 Å². The highest BCUT2D eigenvalue weighted by Gasteiger charge is 2.23. The van der Waals surface area contributed by atoms with Crippen LogP contribution < -0.4 is 5.46 Å². The van der Waals surface area contributed by atoms with E-state index in [2.05, 4.69) is 0 Å². The lowest BCUT2D eigenvalue weighted by atomic mass is 9.77. The van der Waals surface area contributed by atoms with E-state index in [1.165, 1.54) is 0 Å². The van der Waals surface area contributed by atoms with Crippen molar-refractivity contribution >= 4 is 22.4 Å². The van der Waals surface area contributed by atoms with Gasteiger partial charge in [-0.05, 0) is 11.0 Å². The molecule has 0 bridgehead atoms. The Hall–Kier alpha value is -0.885. The maximum absolute atomic E-state index is 11.3. The summed E-state index contributed by atoms with van der Waals surface area (Å²) in [5.41, 5.74) is 1.30. The number of sulfone groups is 1. The second-order valence-electron chi connectivity index (χ2n) is 4.50. The maximum atomic E-state index is 11.3. The van der Waals surface area contributed by atoms with E-state index >= 15 is 0 Å². The molecule has 1 saturated heterocycles. The fourth-order valence-corrected chi connectivity index (χ4v) is 3.36.